The predicted octanol–water partition coefficient (Wildman–Crippen LogP) is 2.67. The Kier molecular flexibility index (Phi) is 5.34. The number of piperazine rings is 1. The zero-order valence-corrected chi connectivity index (χ0v) is 13.6. The summed E-state index contributed by atoms with van der Waals surface area (Å²) in [6, 6.07) is 7.14. The maximum atomic E-state index is 12.4. The molecule has 0 radical (unpaired) electrons. The summed E-state index contributed by atoms with van der Waals surface area (Å²) in [6.45, 7) is 5.34. The lowest BCUT2D eigenvalue weighted by atomic mass is 10.1. The Morgan fingerprint density at radius 3 is 2.50 bits per heavy atom. The molecule has 0 N–H and O–H groups in total. The van der Waals surface area contributed by atoms with E-state index in [1.165, 1.54) is 19.3 Å². The van der Waals surface area contributed by atoms with E-state index in [2.05, 4.69) is 4.90 Å². The summed E-state index contributed by atoms with van der Waals surface area (Å²) in [4.78, 5) is 16.8. The topological polar surface area (TPSA) is 32.8 Å². The molecule has 1 unspecified atom stereocenters. The monoisotopic (exact) mass is 322 g/mol. The van der Waals surface area contributed by atoms with E-state index in [9.17, 15) is 4.79 Å². The molecule has 5 heteroatoms. The molecule has 0 aromatic heterocycles. The molecule has 2 heterocycles. The van der Waals surface area contributed by atoms with Crippen molar-refractivity contribution >= 4 is 17.5 Å². The second-order valence-electron chi connectivity index (χ2n) is 6.09. The van der Waals surface area contributed by atoms with Crippen molar-refractivity contribution in [2.75, 3.05) is 39.3 Å². The van der Waals surface area contributed by atoms with E-state index in [0.29, 0.717) is 16.7 Å². The first-order valence-corrected chi connectivity index (χ1v) is 8.49. The minimum atomic E-state index is 0.102. The SMILES string of the molecule is O=C(c1ccc(Cl)cc1)N1CCN(CC2CCCCO2)CC1. The van der Waals surface area contributed by atoms with Crippen LogP contribution in [0, 0.1) is 0 Å². The highest BCUT2D eigenvalue weighted by molar-refractivity contribution is 6.30. The van der Waals surface area contributed by atoms with Crippen molar-refractivity contribution in [1.82, 2.24) is 9.80 Å². The van der Waals surface area contributed by atoms with Gasteiger partial charge in [-0.15, -0.1) is 0 Å². The number of rotatable bonds is 3. The van der Waals surface area contributed by atoms with Crippen molar-refractivity contribution in [2.24, 2.45) is 0 Å². The molecule has 0 spiro atoms. The average Bonchev–Trinajstić information content (AvgIpc) is 2.57. The summed E-state index contributed by atoms with van der Waals surface area (Å²) in [5.74, 6) is 0.102. The molecule has 2 saturated heterocycles. The molecule has 0 aliphatic carbocycles. The van der Waals surface area contributed by atoms with Gasteiger partial charge in [-0.25, -0.2) is 0 Å². The van der Waals surface area contributed by atoms with E-state index < -0.39 is 0 Å². The van der Waals surface area contributed by atoms with Crippen LogP contribution in [0.15, 0.2) is 24.3 Å². The summed E-state index contributed by atoms with van der Waals surface area (Å²) in [5.41, 5.74) is 0.716. The van der Waals surface area contributed by atoms with Gasteiger partial charge in [-0.05, 0) is 43.5 Å². The maximum Gasteiger partial charge on any atom is 0.253 e. The lowest BCUT2D eigenvalue weighted by Gasteiger charge is -2.37. The van der Waals surface area contributed by atoms with Gasteiger partial charge in [0.15, 0.2) is 0 Å². The van der Waals surface area contributed by atoms with Crippen molar-refractivity contribution in [3.63, 3.8) is 0 Å². The molecule has 3 rings (SSSR count). The maximum absolute atomic E-state index is 12.4. The molecule has 1 aromatic carbocycles. The standard InChI is InChI=1S/C17H23ClN2O2/c18-15-6-4-14(5-7-15)17(21)20-10-8-19(9-11-20)13-16-3-1-2-12-22-16/h4-7,16H,1-3,8-13H2. The Morgan fingerprint density at radius 2 is 1.86 bits per heavy atom. The van der Waals surface area contributed by atoms with E-state index in [-0.39, 0.29) is 5.91 Å². The fourth-order valence-electron chi connectivity index (χ4n) is 3.15. The highest BCUT2D eigenvalue weighted by Gasteiger charge is 2.24. The van der Waals surface area contributed by atoms with Gasteiger partial charge in [0.1, 0.15) is 0 Å². The summed E-state index contributed by atoms with van der Waals surface area (Å²) < 4.78 is 5.80. The summed E-state index contributed by atoms with van der Waals surface area (Å²) in [7, 11) is 0. The number of hydrogen-bond donors (Lipinski definition) is 0. The van der Waals surface area contributed by atoms with Crippen LogP contribution in [0.25, 0.3) is 0 Å². The number of hydrogen-bond acceptors (Lipinski definition) is 3. The van der Waals surface area contributed by atoms with Crippen LogP contribution in [0.4, 0.5) is 0 Å². The first-order chi connectivity index (χ1) is 10.7. The van der Waals surface area contributed by atoms with Crippen LogP contribution < -0.4 is 0 Å². The Hall–Kier alpha value is -1.10. The van der Waals surface area contributed by atoms with Gasteiger partial charge in [0.05, 0.1) is 6.10 Å². The van der Waals surface area contributed by atoms with E-state index >= 15 is 0 Å². The Labute approximate surface area is 137 Å². The molecular formula is C17H23ClN2O2. The highest BCUT2D eigenvalue weighted by atomic mass is 35.5. The average molecular weight is 323 g/mol. The van der Waals surface area contributed by atoms with Crippen molar-refractivity contribution in [1.29, 1.82) is 0 Å². The highest BCUT2D eigenvalue weighted by Crippen LogP contribution is 2.16. The molecule has 22 heavy (non-hydrogen) atoms. The van der Waals surface area contributed by atoms with Crippen molar-refractivity contribution in [2.45, 2.75) is 25.4 Å². The van der Waals surface area contributed by atoms with Gasteiger partial charge in [0.25, 0.3) is 5.91 Å². The van der Waals surface area contributed by atoms with Gasteiger partial charge in [-0.1, -0.05) is 11.6 Å². The number of halogens is 1. The Balaban J connectivity index is 1.48. The van der Waals surface area contributed by atoms with Gasteiger partial charge >= 0.3 is 0 Å². The minimum Gasteiger partial charge on any atom is -0.377 e. The molecule has 1 aromatic rings. The van der Waals surface area contributed by atoms with Crippen LogP contribution in [0.5, 0.6) is 0 Å². The molecule has 1 atom stereocenters. The molecule has 0 saturated carbocycles. The van der Waals surface area contributed by atoms with E-state index in [4.69, 9.17) is 16.3 Å². The molecule has 2 aliphatic rings. The zero-order chi connectivity index (χ0) is 15.4. The van der Waals surface area contributed by atoms with Crippen LogP contribution in [0.3, 0.4) is 0 Å². The van der Waals surface area contributed by atoms with Crippen LogP contribution in [0.2, 0.25) is 5.02 Å². The quantitative estimate of drug-likeness (QED) is 0.857. The third-order valence-corrected chi connectivity index (χ3v) is 4.74. The third-order valence-electron chi connectivity index (χ3n) is 4.49. The lowest BCUT2D eigenvalue weighted by molar-refractivity contribution is -0.0130. The van der Waals surface area contributed by atoms with Gasteiger partial charge < -0.3 is 9.64 Å². The summed E-state index contributed by atoms with van der Waals surface area (Å²) >= 11 is 5.87. The van der Waals surface area contributed by atoms with Crippen LogP contribution in [-0.4, -0.2) is 61.1 Å². The fraction of sp³-hybridized carbons (Fsp3) is 0.588. The molecular weight excluding hydrogens is 300 g/mol. The van der Waals surface area contributed by atoms with Crippen LogP contribution >= 0.6 is 11.6 Å². The van der Waals surface area contributed by atoms with Crippen molar-refractivity contribution in [3.05, 3.63) is 34.9 Å². The number of nitrogens with zero attached hydrogens (tertiary/aromatic N) is 2. The van der Waals surface area contributed by atoms with E-state index in [1.54, 1.807) is 24.3 Å². The first-order valence-electron chi connectivity index (χ1n) is 8.11. The van der Waals surface area contributed by atoms with Crippen molar-refractivity contribution in [3.8, 4) is 0 Å². The molecule has 0 bridgehead atoms. The largest absolute Gasteiger partial charge is 0.377 e. The second-order valence-corrected chi connectivity index (χ2v) is 6.52. The number of ether oxygens (including phenoxy) is 1. The second kappa shape index (κ2) is 7.44. The van der Waals surface area contributed by atoms with Crippen LogP contribution in [0.1, 0.15) is 29.6 Å². The normalized spacial score (nSPS) is 23.5. The molecule has 4 nitrogen and oxygen atoms in total. The van der Waals surface area contributed by atoms with Crippen LogP contribution in [-0.2, 0) is 4.74 Å². The van der Waals surface area contributed by atoms with Gasteiger partial charge in [-0.2, -0.15) is 0 Å². The van der Waals surface area contributed by atoms with Gasteiger partial charge in [0, 0.05) is 49.9 Å². The third kappa shape index (κ3) is 4.00. The number of benzene rings is 1. The zero-order valence-electron chi connectivity index (χ0n) is 12.8. The van der Waals surface area contributed by atoms with Gasteiger partial charge in [0.2, 0.25) is 0 Å². The molecule has 1 amide bonds. The Morgan fingerprint density at radius 1 is 1.14 bits per heavy atom. The molecule has 2 fully saturated rings. The lowest BCUT2D eigenvalue weighted by Crippen LogP contribution is -2.50. The van der Waals surface area contributed by atoms with Crippen molar-refractivity contribution < 1.29 is 9.53 Å². The smallest absolute Gasteiger partial charge is 0.253 e. The predicted molar refractivity (Wildman–Crippen MR) is 87.4 cm³/mol. The summed E-state index contributed by atoms with van der Waals surface area (Å²) in [5, 5.41) is 0.661. The molecule has 120 valence electrons. The number of carbonyl (C=O) groups excluding carboxylic acids is 1. The van der Waals surface area contributed by atoms with E-state index in [1.807, 2.05) is 4.90 Å². The number of carbonyl (C=O) groups is 1. The first kappa shape index (κ1) is 15.8. The minimum absolute atomic E-state index is 0.102. The fourth-order valence-corrected chi connectivity index (χ4v) is 3.27. The van der Waals surface area contributed by atoms with E-state index in [0.717, 1.165) is 39.3 Å². The summed E-state index contributed by atoms with van der Waals surface area (Å²) in [6.07, 6.45) is 4.02. The molecule has 2 aliphatic heterocycles. The number of amides is 1. The Bertz CT molecular complexity index is 492. The van der Waals surface area contributed by atoms with Gasteiger partial charge in [-0.3, -0.25) is 9.69 Å².